The first kappa shape index (κ1) is 11.4. The summed E-state index contributed by atoms with van der Waals surface area (Å²) in [7, 11) is 1.86. The zero-order valence-corrected chi connectivity index (χ0v) is 9.18. The van der Waals surface area contributed by atoms with Gasteiger partial charge in [-0.25, -0.2) is 0 Å². The van der Waals surface area contributed by atoms with Crippen LogP contribution < -0.4 is 0 Å². The van der Waals surface area contributed by atoms with E-state index in [1.54, 1.807) is 0 Å². The van der Waals surface area contributed by atoms with Gasteiger partial charge < -0.3 is 0 Å². The first-order valence-corrected chi connectivity index (χ1v) is 4.63. The number of aliphatic imine (C=N–C) groups is 1. The molecule has 0 bridgehead atoms. The Kier molecular flexibility index (Phi) is 4.87. The van der Waals surface area contributed by atoms with Crippen LogP contribution in [0.15, 0.2) is 16.6 Å². The van der Waals surface area contributed by atoms with Crippen molar-refractivity contribution < 1.29 is 0 Å². The van der Waals surface area contributed by atoms with Gasteiger partial charge in [-0.1, -0.05) is 33.3 Å². The predicted octanol–water partition coefficient (Wildman–Crippen LogP) is 3.32. The monoisotopic (exact) mass is 167 g/mol. The Balaban J connectivity index is 4.49. The van der Waals surface area contributed by atoms with Crippen molar-refractivity contribution in [2.45, 2.75) is 34.6 Å². The lowest BCUT2D eigenvalue weighted by atomic mass is 9.99. The minimum atomic E-state index is 0.531. The van der Waals surface area contributed by atoms with Crippen molar-refractivity contribution in [2.75, 3.05) is 7.05 Å². The van der Waals surface area contributed by atoms with E-state index in [-0.39, 0.29) is 0 Å². The van der Waals surface area contributed by atoms with E-state index in [0.717, 1.165) is 0 Å². The molecule has 0 radical (unpaired) electrons. The Morgan fingerprint density at radius 2 is 1.58 bits per heavy atom. The summed E-state index contributed by atoms with van der Waals surface area (Å²) >= 11 is 0. The van der Waals surface area contributed by atoms with E-state index < -0.39 is 0 Å². The highest BCUT2D eigenvalue weighted by atomic mass is 14.7. The first-order chi connectivity index (χ1) is 5.49. The molecule has 0 fully saturated rings. The molecular formula is C11H21N. The zero-order valence-electron chi connectivity index (χ0n) is 9.18. The van der Waals surface area contributed by atoms with Crippen LogP contribution in [0.2, 0.25) is 0 Å². The van der Waals surface area contributed by atoms with Gasteiger partial charge in [-0.2, -0.15) is 0 Å². The Morgan fingerprint density at radius 1 is 1.08 bits per heavy atom. The zero-order chi connectivity index (χ0) is 9.72. The molecule has 0 saturated carbocycles. The Hall–Kier alpha value is -0.590. The normalized spacial score (nSPS) is 14.7. The van der Waals surface area contributed by atoms with Crippen molar-refractivity contribution in [2.24, 2.45) is 16.8 Å². The smallest absolute Gasteiger partial charge is 0.0369 e. The topological polar surface area (TPSA) is 12.4 Å². The molecule has 0 amide bonds. The van der Waals surface area contributed by atoms with E-state index in [2.05, 4.69) is 45.7 Å². The molecule has 0 aromatic rings. The van der Waals surface area contributed by atoms with Crippen LogP contribution in [0.5, 0.6) is 0 Å². The maximum Gasteiger partial charge on any atom is 0.0369 e. The van der Waals surface area contributed by atoms with Gasteiger partial charge in [0.25, 0.3) is 0 Å². The highest BCUT2D eigenvalue weighted by Gasteiger charge is 2.02. The van der Waals surface area contributed by atoms with Gasteiger partial charge in [0, 0.05) is 12.8 Å². The molecular weight excluding hydrogens is 146 g/mol. The van der Waals surface area contributed by atoms with Crippen LogP contribution in [0.25, 0.3) is 0 Å². The van der Waals surface area contributed by atoms with Gasteiger partial charge in [-0.15, -0.1) is 0 Å². The summed E-state index contributed by atoms with van der Waals surface area (Å²) in [6.45, 7) is 10.9. The summed E-state index contributed by atoms with van der Waals surface area (Å²) in [5.41, 5.74) is 2.60. The molecule has 12 heavy (non-hydrogen) atoms. The van der Waals surface area contributed by atoms with Crippen molar-refractivity contribution in [1.82, 2.24) is 0 Å². The second kappa shape index (κ2) is 5.13. The summed E-state index contributed by atoms with van der Waals surface area (Å²) < 4.78 is 0. The van der Waals surface area contributed by atoms with Crippen molar-refractivity contribution >= 4 is 5.71 Å². The quantitative estimate of drug-likeness (QED) is 0.572. The van der Waals surface area contributed by atoms with Gasteiger partial charge in [0.1, 0.15) is 0 Å². The Morgan fingerprint density at radius 3 is 1.83 bits per heavy atom. The molecule has 0 aliphatic rings. The number of nitrogens with zero attached hydrogens (tertiary/aromatic N) is 1. The van der Waals surface area contributed by atoms with E-state index in [9.17, 15) is 0 Å². The SMILES string of the molecule is C/N=C(\C=C(/C)C(C)C)C(C)C. The third-order valence-corrected chi connectivity index (χ3v) is 2.14. The van der Waals surface area contributed by atoms with E-state index in [4.69, 9.17) is 0 Å². The molecule has 1 nitrogen and oxygen atoms in total. The summed E-state index contributed by atoms with van der Waals surface area (Å²) in [5, 5.41) is 0. The number of rotatable bonds is 3. The van der Waals surface area contributed by atoms with Gasteiger partial charge in [-0.3, -0.25) is 4.99 Å². The Bertz CT molecular complexity index is 185. The van der Waals surface area contributed by atoms with Crippen LogP contribution in [0, 0.1) is 11.8 Å². The molecule has 0 aliphatic heterocycles. The van der Waals surface area contributed by atoms with Crippen LogP contribution in [-0.4, -0.2) is 12.8 Å². The maximum atomic E-state index is 4.25. The molecule has 0 heterocycles. The van der Waals surface area contributed by atoms with E-state index in [0.29, 0.717) is 11.8 Å². The number of hydrogen-bond donors (Lipinski definition) is 0. The average Bonchev–Trinajstić information content (AvgIpc) is 1.98. The number of allylic oxidation sites excluding steroid dienone is 2. The Labute approximate surface area is 76.6 Å². The lowest BCUT2D eigenvalue weighted by Gasteiger charge is -2.08. The maximum absolute atomic E-state index is 4.25. The van der Waals surface area contributed by atoms with Crippen LogP contribution in [0.3, 0.4) is 0 Å². The molecule has 0 spiro atoms. The molecule has 0 N–H and O–H groups in total. The van der Waals surface area contributed by atoms with Crippen molar-refractivity contribution in [3.8, 4) is 0 Å². The molecule has 0 unspecified atom stereocenters. The fraction of sp³-hybridized carbons (Fsp3) is 0.727. The first-order valence-electron chi connectivity index (χ1n) is 4.63. The van der Waals surface area contributed by atoms with Gasteiger partial charge in [0.15, 0.2) is 0 Å². The fourth-order valence-corrected chi connectivity index (χ4v) is 0.889. The molecule has 70 valence electrons. The molecule has 0 atom stereocenters. The highest BCUT2D eigenvalue weighted by molar-refractivity contribution is 5.96. The van der Waals surface area contributed by atoms with Gasteiger partial charge in [-0.05, 0) is 24.8 Å². The second-order valence-electron chi connectivity index (χ2n) is 3.85. The minimum Gasteiger partial charge on any atom is -0.293 e. The summed E-state index contributed by atoms with van der Waals surface area (Å²) in [5.74, 6) is 1.16. The van der Waals surface area contributed by atoms with E-state index in [1.807, 2.05) is 7.05 Å². The van der Waals surface area contributed by atoms with Gasteiger partial charge in [0.2, 0.25) is 0 Å². The van der Waals surface area contributed by atoms with Crippen LogP contribution >= 0.6 is 0 Å². The third-order valence-electron chi connectivity index (χ3n) is 2.14. The third kappa shape index (κ3) is 3.70. The molecule has 0 aromatic heterocycles. The molecule has 0 saturated heterocycles. The lowest BCUT2D eigenvalue weighted by molar-refractivity contribution is 0.768. The molecule has 0 aromatic carbocycles. The fourth-order valence-electron chi connectivity index (χ4n) is 0.889. The largest absolute Gasteiger partial charge is 0.293 e. The standard InChI is InChI=1S/C11H21N/c1-8(2)10(5)7-11(12-6)9(3)4/h7-9H,1-6H3/b10-7+,12-11+. The van der Waals surface area contributed by atoms with Crippen LogP contribution in [0.1, 0.15) is 34.6 Å². The second-order valence-corrected chi connectivity index (χ2v) is 3.85. The minimum absolute atomic E-state index is 0.531. The average molecular weight is 167 g/mol. The summed E-state index contributed by atoms with van der Waals surface area (Å²) in [6, 6.07) is 0. The van der Waals surface area contributed by atoms with Crippen molar-refractivity contribution in [3.63, 3.8) is 0 Å². The van der Waals surface area contributed by atoms with E-state index >= 15 is 0 Å². The summed E-state index contributed by atoms with van der Waals surface area (Å²) in [6.07, 6.45) is 2.20. The van der Waals surface area contributed by atoms with E-state index in [1.165, 1.54) is 11.3 Å². The van der Waals surface area contributed by atoms with Crippen molar-refractivity contribution in [3.05, 3.63) is 11.6 Å². The molecule has 1 heteroatoms. The lowest BCUT2D eigenvalue weighted by Crippen LogP contribution is -2.05. The molecule has 0 aliphatic carbocycles. The van der Waals surface area contributed by atoms with Gasteiger partial charge in [0.05, 0.1) is 0 Å². The number of hydrogen-bond acceptors (Lipinski definition) is 1. The van der Waals surface area contributed by atoms with Crippen molar-refractivity contribution in [1.29, 1.82) is 0 Å². The van der Waals surface area contributed by atoms with Crippen LogP contribution in [0.4, 0.5) is 0 Å². The predicted molar refractivity (Wildman–Crippen MR) is 56.8 cm³/mol. The summed E-state index contributed by atoms with van der Waals surface area (Å²) in [4.78, 5) is 4.25. The van der Waals surface area contributed by atoms with Crippen LogP contribution in [-0.2, 0) is 0 Å². The van der Waals surface area contributed by atoms with Gasteiger partial charge >= 0.3 is 0 Å². The molecule has 0 rings (SSSR count). The highest BCUT2D eigenvalue weighted by Crippen LogP contribution is 2.10.